The number of nitrogens with zero attached hydrogens (tertiary/aromatic N) is 4. The second-order valence-electron chi connectivity index (χ2n) is 6.24. The van der Waals surface area contributed by atoms with Crippen LogP contribution in [0.3, 0.4) is 0 Å². The first kappa shape index (κ1) is 13.1. The third-order valence-electron chi connectivity index (χ3n) is 4.58. The molecule has 2 atom stereocenters. The highest BCUT2D eigenvalue weighted by Gasteiger charge is 2.30. The zero-order chi connectivity index (χ0) is 13.4. The van der Waals surface area contributed by atoms with Crippen molar-refractivity contribution in [2.75, 3.05) is 13.1 Å². The average molecular weight is 263 g/mol. The first-order chi connectivity index (χ1) is 9.16. The van der Waals surface area contributed by atoms with Crippen LogP contribution in [0.5, 0.6) is 0 Å². The minimum Gasteiger partial charge on any atom is -0.321 e. The molecule has 1 aromatic heterocycles. The third kappa shape index (κ3) is 2.41. The van der Waals surface area contributed by atoms with Crippen molar-refractivity contribution < 1.29 is 0 Å². The van der Waals surface area contributed by atoms with E-state index in [4.69, 9.17) is 5.73 Å². The van der Waals surface area contributed by atoms with E-state index in [2.05, 4.69) is 33.5 Å². The predicted octanol–water partition coefficient (Wildman–Crippen LogP) is 1.66. The van der Waals surface area contributed by atoms with Crippen molar-refractivity contribution in [3.05, 3.63) is 11.6 Å². The van der Waals surface area contributed by atoms with Gasteiger partial charge in [0.1, 0.15) is 11.6 Å². The Morgan fingerprint density at radius 2 is 1.84 bits per heavy atom. The van der Waals surface area contributed by atoms with E-state index in [9.17, 15) is 0 Å². The number of piperidine rings is 1. The standard InChI is InChI=1S/C14H25N5/c1-10(2)18-7-3-5-11(9-18)13-16-17-14-12(15)6-4-8-19(13)14/h10-12H,3-9,15H2,1-2H3. The van der Waals surface area contributed by atoms with E-state index >= 15 is 0 Å². The normalized spacial score (nSPS) is 28.6. The summed E-state index contributed by atoms with van der Waals surface area (Å²) in [5, 5.41) is 8.82. The molecule has 2 aliphatic rings. The zero-order valence-corrected chi connectivity index (χ0v) is 12.0. The van der Waals surface area contributed by atoms with Crippen molar-refractivity contribution in [2.24, 2.45) is 5.73 Å². The summed E-state index contributed by atoms with van der Waals surface area (Å²) in [6.07, 6.45) is 4.69. The van der Waals surface area contributed by atoms with Crippen LogP contribution in [-0.2, 0) is 6.54 Å². The topological polar surface area (TPSA) is 60.0 Å². The summed E-state index contributed by atoms with van der Waals surface area (Å²) < 4.78 is 2.29. The van der Waals surface area contributed by atoms with Crippen LogP contribution in [0.25, 0.3) is 0 Å². The summed E-state index contributed by atoms with van der Waals surface area (Å²) in [7, 11) is 0. The molecule has 3 heterocycles. The molecule has 0 aliphatic carbocycles. The fourth-order valence-electron chi connectivity index (χ4n) is 3.42. The van der Waals surface area contributed by atoms with Gasteiger partial charge >= 0.3 is 0 Å². The highest BCUT2D eigenvalue weighted by atomic mass is 15.3. The van der Waals surface area contributed by atoms with Crippen LogP contribution in [0.2, 0.25) is 0 Å². The number of likely N-dealkylation sites (tertiary alicyclic amines) is 1. The molecular weight excluding hydrogens is 238 g/mol. The molecule has 5 nitrogen and oxygen atoms in total. The first-order valence-corrected chi connectivity index (χ1v) is 7.59. The molecule has 0 spiro atoms. The zero-order valence-electron chi connectivity index (χ0n) is 12.0. The Morgan fingerprint density at radius 1 is 1.11 bits per heavy atom. The molecule has 1 saturated heterocycles. The minimum absolute atomic E-state index is 0.0831. The van der Waals surface area contributed by atoms with Crippen molar-refractivity contribution in [3.63, 3.8) is 0 Å². The van der Waals surface area contributed by atoms with E-state index in [0.717, 1.165) is 31.8 Å². The number of rotatable bonds is 2. The van der Waals surface area contributed by atoms with E-state index < -0.39 is 0 Å². The van der Waals surface area contributed by atoms with Gasteiger partial charge in [0.05, 0.1) is 6.04 Å². The number of hydrogen-bond acceptors (Lipinski definition) is 4. The monoisotopic (exact) mass is 263 g/mol. The molecule has 2 aliphatic heterocycles. The largest absolute Gasteiger partial charge is 0.321 e. The number of nitrogens with two attached hydrogens (primary N) is 1. The van der Waals surface area contributed by atoms with Crippen molar-refractivity contribution in [3.8, 4) is 0 Å². The Morgan fingerprint density at radius 3 is 2.63 bits per heavy atom. The highest BCUT2D eigenvalue weighted by Crippen LogP contribution is 2.30. The van der Waals surface area contributed by atoms with Crippen LogP contribution in [0, 0.1) is 0 Å². The van der Waals surface area contributed by atoms with Gasteiger partial charge in [0.15, 0.2) is 0 Å². The molecule has 1 fully saturated rings. The summed E-state index contributed by atoms with van der Waals surface area (Å²) in [5.41, 5.74) is 6.13. The molecule has 3 rings (SSSR count). The Labute approximate surface area is 115 Å². The summed E-state index contributed by atoms with van der Waals surface area (Å²) in [6, 6.07) is 0.702. The summed E-state index contributed by atoms with van der Waals surface area (Å²) >= 11 is 0. The number of aromatic nitrogens is 3. The van der Waals surface area contributed by atoms with Crippen molar-refractivity contribution in [1.82, 2.24) is 19.7 Å². The van der Waals surface area contributed by atoms with E-state index in [0.29, 0.717) is 12.0 Å². The summed E-state index contributed by atoms with van der Waals surface area (Å²) in [4.78, 5) is 2.55. The Bertz CT molecular complexity index is 439. The quantitative estimate of drug-likeness (QED) is 0.881. The minimum atomic E-state index is 0.0831. The van der Waals surface area contributed by atoms with Crippen LogP contribution in [0.4, 0.5) is 0 Å². The van der Waals surface area contributed by atoms with Gasteiger partial charge in [0.2, 0.25) is 0 Å². The fourth-order valence-corrected chi connectivity index (χ4v) is 3.42. The van der Waals surface area contributed by atoms with E-state index in [-0.39, 0.29) is 6.04 Å². The second kappa shape index (κ2) is 5.21. The lowest BCUT2D eigenvalue weighted by Crippen LogP contribution is -2.40. The maximum atomic E-state index is 6.13. The molecule has 19 heavy (non-hydrogen) atoms. The van der Waals surface area contributed by atoms with Crippen molar-refractivity contribution in [1.29, 1.82) is 0 Å². The predicted molar refractivity (Wildman–Crippen MR) is 74.9 cm³/mol. The van der Waals surface area contributed by atoms with Crippen LogP contribution in [0.1, 0.15) is 63.1 Å². The van der Waals surface area contributed by atoms with Gasteiger partial charge in [0, 0.05) is 25.0 Å². The van der Waals surface area contributed by atoms with Crippen molar-refractivity contribution in [2.45, 2.75) is 64.1 Å². The van der Waals surface area contributed by atoms with Crippen LogP contribution < -0.4 is 5.73 Å². The second-order valence-corrected chi connectivity index (χ2v) is 6.24. The average Bonchev–Trinajstić information content (AvgIpc) is 2.84. The molecule has 1 aromatic rings. The van der Waals surface area contributed by atoms with Gasteiger partial charge in [-0.3, -0.25) is 0 Å². The van der Waals surface area contributed by atoms with Crippen molar-refractivity contribution >= 4 is 0 Å². The SMILES string of the molecule is CC(C)N1CCCC(c2nnc3n2CCCC3N)C1. The molecule has 0 aromatic carbocycles. The lowest BCUT2D eigenvalue weighted by Gasteiger charge is -2.35. The van der Waals surface area contributed by atoms with Crippen LogP contribution in [0.15, 0.2) is 0 Å². The summed E-state index contributed by atoms with van der Waals surface area (Å²) in [5.74, 6) is 2.71. The molecule has 0 bridgehead atoms. The lowest BCUT2D eigenvalue weighted by atomic mass is 9.95. The lowest BCUT2D eigenvalue weighted by molar-refractivity contribution is 0.162. The van der Waals surface area contributed by atoms with Gasteiger partial charge in [-0.2, -0.15) is 0 Å². The maximum Gasteiger partial charge on any atom is 0.149 e. The molecule has 0 saturated carbocycles. The van der Waals surface area contributed by atoms with Crippen LogP contribution >= 0.6 is 0 Å². The Kier molecular flexibility index (Phi) is 3.58. The van der Waals surface area contributed by atoms with Gasteiger partial charge < -0.3 is 15.2 Å². The third-order valence-corrected chi connectivity index (χ3v) is 4.58. The maximum absolute atomic E-state index is 6.13. The van der Waals surface area contributed by atoms with Gasteiger partial charge in [-0.15, -0.1) is 10.2 Å². The van der Waals surface area contributed by atoms with Gasteiger partial charge in [-0.1, -0.05) is 0 Å². The van der Waals surface area contributed by atoms with E-state index in [1.807, 2.05) is 0 Å². The molecule has 0 amide bonds. The number of fused-ring (bicyclic) bond motifs is 1. The van der Waals surface area contributed by atoms with Gasteiger partial charge in [-0.25, -0.2) is 0 Å². The fraction of sp³-hybridized carbons (Fsp3) is 0.857. The highest BCUT2D eigenvalue weighted by molar-refractivity contribution is 5.09. The van der Waals surface area contributed by atoms with Crippen LogP contribution in [-0.4, -0.2) is 38.8 Å². The van der Waals surface area contributed by atoms with Gasteiger partial charge in [0.25, 0.3) is 0 Å². The smallest absolute Gasteiger partial charge is 0.149 e. The molecule has 2 N–H and O–H groups in total. The van der Waals surface area contributed by atoms with E-state index in [1.165, 1.54) is 25.2 Å². The molecule has 106 valence electrons. The van der Waals surface area contributed by atoms with E-state index in [1.54, 1.807) is 0 Å². The summed E-state index contributed by atoms with van der Waals surface area (Å²) in [6.45, 7) is 7.93. The molecule has 5 heteroatoms. The Balaban J connectivity index is 1.82. The number of hydrogen-bond donors (Lipinski definition) is 1. The van der Waals surface area contributed by atoms with Gasteiger partial charge in [-0.05, 0) is 46.1 Å². The Hall–Kier alpha value is -0.940. The first-order valence-electron chi connectivity index (χ1n) is 7.59. The molecular formula is C14H25N5. The molecule has 2 unspecified atom stereocenters. The molecule has 0 radical (unpaired) electrons.